The van der Waals surface area contributed by atoms with Crippen LogP contribution in [0, 0.1) is 11.7 Å². The van der Waals surface area contributed by atoms with Crippen molar-refractivity contribution in [1.82, 2.24) is 10.2 Å². The first-order valence-electron chi connectivity index (χ1n) is 9.48. The van der Waals surface area contributed by atoms with Gasteiger partial charge in [0.15, 0.2) is 0 Å². The molecular formula is C21H23FN2O2S. The molecule has 2 aliphatic rings. The van der Waals surface area contributed by atoms with Crippen molar-refractivity contribution in [2.24, 2.45) is 5.92 Å². The molecule has 1 aromatic heterocycles. The van der Waals surface area contributed by atoms with Crippen molar-refractivity contribution < 1.29 is 14.0 Å². The smallest absolute Gasteiger partial charge is 0.263 e. The van der Waals surface area contributed by atoms with Crippen LogP contribution in [-0.2, 0) is 10.3 Å². The van der Waals surface area contributed by atoms with E-state index in [0.29, 0.717) is 25.9 Å². The van der Waals surface area contributed by atoms with Crippen LogP contribution in [0.15, 0.2) is 41.8 Å². The van der Waals surface area contributed by atoms with Gasteiger partial charge in [-0.1, -0.05) is 18.2 Å². The zero-order valence-electron chi connectivity index (χ0n) is 15.1. The molecule has 2 aromatic rings. The molecule has 1 aromatic carbocycles. The number of nitrogens with one attached hydrogen (secondary N) is 1. The number of amides is 2. The molecule has 0 unspecified atom stereocenters. The Morgan fingerprint density at radius 1 is 1.11 bits per heavy atom. The summed E-state index contributed by atoms with van der Waals surface area (Å²) in [5.74, 6) is -0.217. The van der Waals surface area contributed by atoms with Gasteiger partial charge >= 0.3 is 0 Å². The number of rotatable bonds is 4. The average Bonchev–Trinajstić information content (AvgIpc) is 3.20. The molecule has 1 aliphatic carbocycles. The summed E-state index contributed by atoms with van der Waals surface area (Å²) in [4.78, 5) is 27.9. The van der Waals surface area contributed by atoms with Crippen LogP contribution in [0.4, 0.5) is 4.39 Å². The van der Waals surface area contributed by atoms with Gasteiger partial charge in [0.1, 0.15) is 5.82 Å². The summed E-state index contributed by atoms with van der Waals surface area (Å²) in [5.41, 5.74) is 0.628. The molecule has 1 aliphatic heterocycles. The van der Waals surface area contributed by atoms with E-state index in [2.05, 4.69) is 5.32 Å². The summed E-state index contributed by atoms with van der Waals surface area (Å²) in [6.07, 6.45) is 4.20. The Morgan fingerprint density at radius 2 is 1.81 bits per heavy atom. The lowest BCUT2D eigenvalue weighted by Gasteiger charge is -2.44. The highest BCUT2D eigenvalue weighted by Gasteiger charge is 2.41. The molecule has 2 amide bonds. The number of hydrogen-bond donors (Lipinski definition) is 1. The molecule has 1 saturated heterocycles. The number of hydrogen-bond acceptors (Lipinski definition) is 3. The Balaban J connectivity index is 1.36. The number of carbonyl (C=O) groups excluding carboxylic acids is 2. The molecule has 2 heterocycles. The lowest BCUT2D eigenvalue weighted by molar-refractivity contribution is -0.129. The van der Waals surface area contributed by atoms with Gasteiger partial charge in [-0.15, -0.1) is 11.3 Å². The summed E-state index contributed by atoms with van der Waals surface area (Å²) in [6, 6.07) is 10.2. The van der Waals surface area contributed by atoms with Gasteiger partial charge in [0.05, 0.1) is 10.4 Å². The van der Waals surface area contributed by atoms with E-state index >= 15 is 0 Å². The van der Waals surface area contributed by atoms with Crippen LogP contribution in [0.5, 0.6) is 0 Å². The lowest BCUT2D eigenvalue weighted by atomic mass is 9.71. The minimum absolute atomic E-state index is 0.0576. The summed E-state index contributed by atoms with van der Waals surface area (Å²) < 4.78 is 13.2. The van der Waals surface area contributed by atoms with Gasteiger partial charge in [-0.25, -0.2) is 4.39 Å². The van der Waals surface area contributed by atoms with E-state index in [1.54, 1.807) is 12.1 Å². The molecule has 0 atom stereocenters. The Labute approximate surface area is 162 Å². The number of piperidine rings is 1. The molecule has 0 bridgehead atoms. The number of thiophene rings is 1. The van der Waals surface area contributed by atoms with Crippen LogP contribution >= 0.6 is 11.3 Å². The molecule has 0 radical (unpaired) electrons. The highest BCUT2D eigenvalue weighted by atomic mass is 32.1. The van der Waals surface area contributed by atoms with Gasteiger partial charge < -0.3 is 10.2 Å². The van der Waals surface area contributed by atoms with Crippen LogP contribution < -0.4 is 5.32 Å². The highest BCUT2D eigenvalue weighted by molar-refractivity contribution is 7.12. The fourth-order valence-corrected chi connectivity index (χ4v) is 4.71. The Morgan fingerprint density at radius 3 is 2.37 bits per heavy atom. The van der Waals surface area contributed by atoms with E-state index in [9.17, 15) is 14.0 Å². The molecule has 6 heteroatoms. The van der Waals surface area contributed by atoms with Crippen molar-refractivity contribution in [3.63, 3.8) is 0 Å². The molecule has 2 fully saturated rings. The zero-order chi connectivity index (χ0) is 18.9. The van der Waals surface area contributed by atoms with Crippen molar-refractivity contribution in [2.75, 3.05) is 13.1 Å². The third-order valence-corrected chi connectivity index (χ3v) is 6.71. The van der Waals surface area contributed by atoms with E-state index in [0.717, 1.165) is 29.7 Å². The first-order valence-corrected chi connectivity index (χ1v) is 10.4. The number of halogens is 1. The second kappa shape index (κ2) is 7.43. The molecule has 1 saturated carbocycles. The van der Waals surface area contributed by atoms with E-state index in [-0.39, 0.29) is 29.1 Å². The number of carbonyl (C=O) groups is 2. The maximum absolute atomic E-state index is 13.2. The van der Waals surface area contributed by atoms with Crippen molar-refractivity contribution in [2.45, 2.75) is 37.6 Å². The van der Waals surface area contributed by atoms with Gasteiger partial charge in [0.2, 0.25) is 5.91 Å². The van der Waals surface area contributed by atoms with Crippen LogP contribution in [-0.4, -0.2) is 29.8 Å². The van der Waals surface area contributed by atoms with Crippen molar-refractivity contribution in [3.05, 3.63) is 58.0 Å². The summed E-state index contributed by atoms with van der Waals surface area (Å²) >= 11 is 1.45. The van der Waals surface area contributed by atoms with Crippen LogP contribution in [0.3, 0.4) is 0 Å². The minimum Gasteiger partial charge on any atom is -0.346 e. The Kier molecular flexibility index (Phi) is 5.00. The number of nitrogens with zero attached hydrogens (tertiary/aromatic N) is 1. The quantitative estimate of drug-likeness (QED) is 0.865. The third-order valence-electron chi connectivity index (χ3n) is 5.85. The molecule has 1 N–H and O–H groups in total. The van der Waals surface area contributed by atoms with E-state index in [1.165, 1.54) is 23.5 Å². The van der Waals surface area contributed by atoms with E-state index in [1.807, 2.05) is 22.4 Å². The first kappa shape index (κ1) is 18.2. The zero-order valence-corrected chi connectivity index (χ0v) is 15.9. The van der Waals surface area contributed by atoms with E-state index < -0.39 is 0 Å². The van der Waals surface area contributed by atoms with Gasteiger partial charge in [-0.3, -0.25) is 9.59 Å². The molecule has 4 nitrogen and oxygen atoms in total. The number of likely N-dealkylation sites (tertiary alicyclic amines) is 1. The molecular weight excluding hydrogens is 363 g/mol. The summed E-state index contributed by atoms with van der Waals surface area (Å²) in [6.45, 7) is 1.22. The Bertz CT molecular complexity index is 807. The van der Waals surface area contributed by atoms with Crippen molar-refractivity contribution >= 4 is 23.2 Å². The first-order chi connectivity index (χ1) is 13.1. The van der Waals surface area contributed by atoms with Gasteiger partial charge in [0.25, 0.3) is 5.91 Å². The van der Waals surface area contributed by atoms with Crippen LogP contribution in [0.1, 0.15) is 47.3 Å². The predicted molar refractivity (Wildman–Crippen MR) is 103 cm³/mol. The monoisotopic (exact) mass is 386 g/mol. The van der Waals surface area contributed by atoms with E-state index in [4.69, 9.17) is 0 Å². The fraction of sp³-hybridized carbons (Fsp3) is 0.429. The largest absolute Gasteiger partial charge is 0.346 e. The lowest BCUT2D eigenvalue weighted by Crippen LogP contribution is -2.53. The fourth-order valence-electron chi connectivity index (χ4n) is 4.02. The van der Waals surface area contributed by atoms with Crippen molar-refractivity contribution in [1.29, 1.82) is 0 Å². The topological polar surface area (TPSA) is 49.4 Å². The molecule has 0 spiro atoms. The second-order valence-electron chi connectivity index (χ2n) is 7.48. The molecule has 142 valence electrons. The maximum Gasteiger partial charge on any atom is 0.263 e. The van der Waals surface area contributed by atoms with Gasteiger partial charge in [0, 0.05) is 19.0 Å². The minimum atomic E-state index is -0.352. The maximum atomic E-state index is 13.2. The second-order valence-corrected chi connectivity index (χ2v) is 8.42. The number of benzene rings is 1. The third kappa shape index (κ3) is 3.63. The molecule has 4 rings (SSSR count). The molecule has 27 heavy (non-hydrogen) atoms. The Hall–Kier alpha value is -2.21. The van der Waals surface area contributed by atoms with Gasteiger partial charge in [-0.05, 0) is 61.2 Å². The summed E-state index contributed by atoms with van der Waals surface area (Å²) in [7, 11) is 0. The van der Waals surface area contributed by atoms with Crippen LogP contribution in [0.25, 0.3) is 0 Å². The summed E-state index contributed by atoms with van der Waals surface area (Å²) in [5, 5.41) is 5.15. The van der Waals surface area contributed by atoms with Crippen molar-refractivity contribution in [3.8, 4) is 0 Å². The normalized spacial score (nSPS) is 19.4. The standard InChI is InChI=1S/C21H23FN2O2S/c22-17-6-4-16(5-7-17)21(10-2-11-21)23-19(25)15-8-12-24(13-9-15)20(26)18-3-1-14-27-18/h1,3-7,14-15H,2,8-13H2,(H,23,25). The average molecular weight is 386 g/mol. The van der Waals surface area contributed by atoms with Crippen LogP contribution in [0.2, 0.25) is 0 Å². The highest BCUT2D eigenvalue weighted by Crippen LogP contribution is 2.41. The SMILES string of the molecule is O=C(NC1(c2ccc(F)cc2)CCC1)C1CCN(C(=O)c2cccs2)CC1. The van der Waals surface area contributed by atoms with Gasteiger partial charge in [-0.2, -0.15) is 0 Å². The predicted octanol–water partition coefficient (Wildman–Crippen LogP) is 3.94.